The first-order chi connectivity index (χ1) is 21.5. The lowest BCUT2D eigenvalue weighted by molar-refractivity contribution is -0.385. The molecule has 0 heterocycles. The van der Waals surface area contributed by atoms with Crippen LogP contribution in [0.3, 0.4) is 0 Å². The third-order valence-corrected chi connectivity index (χ3v) is 8.59. The number of aryl methyl sites for hydroxylation is 4. The first-order valence-electron chi connectivity index (χ1n) is 13.3. The van der Waals surface area contributed by atoms with Gasteiger partial charge in [0.05, 0.1) is 32.1 Å². The molecule has 11 nitrogen and oxygen atoms in total. The van der Waals surface area contributed by atoms with Gasteiger partial charge in [-0.2, -0.15) is 0 Å². The number of nitro benzene ring substituents is 2. The number of carboxylic acid groups (broad SMARTS) is 1. The minimum absolute atomic E-state index is 0.0156. The van der Waals surface area contributed by atoms with Crippen LogP contribution in [0.15, 0.2) is 77.3 Å². The van der Waals surface area contributed by atoms with Gasteiger partial charge in [0.1, 0.15) is 5.69 Å². The largest absolute Gasteiger partial charge is 0.478 e. The van der Waals surface area contributed by atoms with Crippen molar-refractivity contribution in [2.45, 2.75) is 34.6 Å². The van der Waals surface area contributed by atoms with Crippen molar-refractivity contribution >= 4 is 90.1 Å². The second kappa shape index (κ2) is 19.8. The minimum atomic E-state index is -0.870. The highest BCUT2D eigenvalue weighted by atomic mass is 127. The molecular weight excluding hydrogens is 888 g/mol. The first kappa shape index (κ1) is 40.4. The summed E-state index contributed by atoms with van der Waals surface area (Å²) in [4.78, 5) is 41.7. The molecule has 4 aromatic rings. The molecule has 3 N–H and O–H groups in total. The Balaban J connectivity index is 0.000000307. The Kier molecular flexibility index (Phi) is 17.4. The van der Waals surface area contributed by atoms with Gasteiger partial charge in [0, 0.05) is 19.3 Å². The molecule has 244 valence electrons. The molecule has 0 aliphatic heterocycles. The Morgan fingerprint density at radius 1 is 0.783 bits per heavy atom. The number of nitrogens with two attached hydrogens (primary N) is 1. The van der Waals surface area contributed by atoms with Crippen molar-refractivity contribution in [2.75, 3.05) is 12.3 Å². The highest BCUT2D eigenvalue weighted by molar-refractivity contribution is 14.1. The van der Waals surface area contributed by atoms with Gasteiger partial charge in [0.2, 0.25) is 0 Å². The molecule has 0 aliphatic rings. The van der Waals surface area contributed by atoms with E-state index in [1.54, 1.807) is 49.4 Å². The summed E-state index contributed by atoms with van der Waals surface area (Å²) in [5.74, 6) is -1.12. The number of carbonyl (C=O) groups is 2. The van der Waals surface area contributed by atoms with Gasteiger partial charge in [-0.3, -0.25) is 20.2 Å². The highest BCUT2D eigenvalue weighted by Crippen LogP contribution is 2.27. The van der Waals surface area contributed by atoms with Gasteiger partial charge in [0.15, 0.2) is 0 Å². The maximum absolute atomic E-state index is 11.2. The van der Waals surface area contributed by atoms with Crippen LogP contribution in [0.2, 0.25) is 0 Å². The summed E-state index contributed by atoms with van der Waals surface area (Å²) in [5.41, 5.74) is 10.6. The number of hydrogen-bond acceptors (Lipinski definition) is 8. The molecule has 4 aromatic carbocycles. The molecule has 0 amide bonds. The molecule has 46 heavy (non-hydrogen) atoms. The fraction of sp³-hybridized carbons (Fsp3) is 0.188. The molecular formula is C32H32BrI2N3O8. The number of nitrogen functional groups attached to an aromatic ring is 1. The van der Waals surface area contributed by atoms with Gasteiger partial charge in [-0.25, -0.2) is 9.59 Å². The number of ether oxygens (including phenoxy) is 1. The van der Waals surface area contributed by atoms with Crippen molar-refractivity contribution in [3.05, 3.63) is 138 Å². The number of aromatic carboxylic acids is 1. The van der Waals surface area contributed by atoms with E-state index < -0.39 is 15.8 Å². The summed E-state index contributed by atoms with van der Waals surface area (Å²) in [6.07, 6.45) is 0. The fourth-order valence-corrected chi connectivity index (χ4v) is 5.19. The normalized spacial score (nSPS) is 9.65. The molecule has 0 spiro atoms. The van der Waals surface area contributed by atoms with E-state index in [9.17, 15) is 29.8 Å². The minimum Gasteiger partial charge on any atom is -0.478 e. The molecule has 0 saturated heterocycles. The number of carbonyl (C=O) groups excluding carboxylic acids is 1. The number of anilines is 1. The van der Waals surface area contributed by atoms with E-state index in [0.717, 1.165) is 29.4 Å². The van der Waals surface area contributed by atoms with Gasteiger partial charge >= 0.3 is 11.9 Å². The molecule has 0 atom stereocenters. The summed E-state index contributed by atoms with van der Waals surface area (Å²) < 4.78 is 7.10. The van der Waals surface area contributed by atoms with E-state index in [-0.39, 0.29) is 23.0 Å². The van der Waals surface area contributed by atoms with Crippen molar-refractivity contribution < 1.29 is 29.3 Å². The van der Waals surface area contributed by atoms with Gasteiger partial charge in [-0.05, 0) is 154 Å². The van der Waals surface area contributed by atoms with Crippen LogP contribution in [0.5, 0.6) is 0 Å². The SMILES string of the molecule is CCOC(=O)c1ccccc1I.Cc1cc(Br)c([N+](=O)[O-])cc1C.Cc1cc(N)c([N+](=O)[O-])cc1C.O=C(O)c1ccccc1I. The number of hydrogen-bond donors (Lipinski definition) is 2. The van der Waals surface area contributed by atoms with Crippen LogP contribution >= 0.6 is 61.1 Å². The molecule has 0 aromatic heterocycles. The van der Waals surface area contributed by atoms with Crippen LogP contribution in [0.25, 0.3) is 0 Å². The molecule has 4 rings (SSSR count). The Hall–Kier alpha value is -3.64. The van der Waals surface area contributed by atoms with Crippen molar-refractivity contribution in [1.29, 1.82) is 0 Å². The zero-order valence-corrected chi connectivity index (χ0v) is 31.4. The second-order valence-corrected chi connectivity index (χ2v) is 12.6. The average molecular weight is 920 g/mol. The summed E-state index contributed by atoms with van der Waals surface area (Å²) in [6.45, 7) is 9.69. The number of benzene rings is 4. The first-order valence-corrected chi connectivity index (χ1v) is 16.3. The van der Waals surface area contributed by atoms with Gasteiger partial charge in [0.25, 0.3) is 11.4 Å². The Labute approximate surface area is 302 Å². The number of rotatable bonds is 5. The quantitative estimate of drug-likeness (QED) is 0.0650. The van der Waals surface area contributed by atoms with E-state index in [4.69, 9.17) is 15.6 Å². The molecule has 14 heteroatoms. The lowest BCUT2D eigenvalue weighted by atomic mass is 10.1. The Morgan fingerprint density at radius 2 is 1.20 bits per heavy atom. The topological polar surface area (TPSA) is 176 Å². The standard InChI is InChI=1S/C9H9IO2.C8H8BrNO2.C8H10N2O2.C7H5IO2/c1-2-12-9(11)7-5-3-4-6-8(7)10;2*1-5-3-7(9)8(10(11)12)4-6(5)2;8-6-4-2-1-3-5(6)7(9)10/h3-6H,2H2,1H3;3-4H,1-2H3;3-4H,9H2,1-2H3;1-4H,(H,9,10). The van der Waals surface area contributed by atoms with Crippen molar-refractivity contribution in [3.63, 3.8) is 0 Å². The molecule has 0 aliphatic carbocycles. The number of nitrogens with zero attached hydrogens (tertiary/aromatic N) is 2. The van der Waals surface area contributed by atoms with Crippen LogP contribution in [0, 0.1) is 55.1 Å². The Morgan fingerprint density at radius 3 is 1.61 bits per heavy atom. The third kappa shape index (κ3) is 13.0. The Bertz CT molecular complexity index is 1650. The third-order valence-electron chi connectivity index (χ3n) is 6.07. The summed E-state index contributed by atoms with van der Waals surface area (Å²) in [6, 6.07) is 20.7. The maximum atomic E-state index is 11.2. The van der Waals surface area contributed by atoms with Crippen molar-refractivity contribution in [2.24, 2.45) is 0 Å². The van der Waals surface area contributed by atoms with Gasteiger partial charge in [-0.1, -0.05) is 24.3 Å². The van der Waals surface area contributed by atoms with E-state index in [1.807, 2.05) is 74.6 Å². The number of nitro groups is 2. The van der Waals surface area contributed by atoms with E-state index in [2.05, 4.69) is 38.5 Å². The predicted molar refractivity (Wildman–Crippen MR) is 198 cm³/mol. The van der Waals surface area contributed by atoms with Crippen LogP contribution in [-0.4, -0.2) is 33.5 Å². The van der Waals surface area contributed by atoms with Crippen molar-refractivity contribution in [3.8, 4) is 0 Å². The summed E-state index contributed by atoms with van der Waals surface area (Å²) >= 11 is 7.25. The summed E-state index contributed by atoms with van der Waals surface area (Å²) in [5, 5.41) is 29.4. The lowest BCUT2D eigenvalue weighted by Crippen LogP contribution is -2.06. The highest BCUT2D eigenvalue weighted by Gasteiger charge is 2.13. The van der Waals surface area contributed by atoms with Gasteiger partial charge in [-0.15, -0.1) is 0 Å². The second-order valence-electron chi connectivity index (χ2n) is 9.38. The number of carboxylic acids is 1. The molecule has 0 unspecified atom stereocenters. The lowest BCUT2D eigenvalue weighted by Gasteiger charge is -2.02. The van der Waals surface area contributed by atoms with E-state index in [0.29, 0.717) is 22.2 Å². The van der Waals surface area contributed by atoms with Gasteiger partial charge < -0.3 is 15.6 Å². The summed E-state index contributed by atoms with van der Waals surface area (Å²) in [7, 11) is 0. The number of esters is 1. The molecule has 0 bridgehead atoms. The van der Waals surface area contributed by atoms with Crippen molar-refractivity contribution in [1.82, 2.24) is 0 Å². The van der Waals surface area contributed by atoms with Crippen LogP contribution < -0.4 is 5.73 Å². The van der Waals surface area contributed by atoms with Crippen LogP contribution in [-0.2, 0) is 4.74 Å². The molecule has 0 saturated carbocycles. The molecule has 0 radical (unpaired) electrons. The van der Waals surface area contributed by atoms with E-state index >= 15 is 0 Å². The zero-order valence-electron chi connectivity index (χ0n) is 25.5. The van der Waals surface area contributed by atoms with Crippen LogP contribution in [0.1, 0.15) is 49.9 Å². The van der Waals surface area contributed by atoms with Crippen LogP contribution in [0.4, 0.5) is 17.1 Å². The molecule has 0 fully saturated rings. The average Bonchev–Trinajstić information content (AvgIpc) is 2.98. The predicted octanol–water partition coefficient (Wildman–Crippen LogP) is 9.23. The van der Waals surface area contributed by atoms with E-state index in [1.165, 1.54) is 6.07 Å². The monoisotopic (exact) mass is 919 g/mol. The maximum Gasteiger partial charge on any atom is 0.339 e. The smallest absolute Gasteiger partial charge is 0.339 e. The number of halogens is 3. The zero-order chi connectivity index (χ0) is 35.1. The fourth-order valence-electron chi connectivity index (χ4n) is 3.36.